The third-order valence-corrected chi connectivity index (χ3v) is 8.56. The number of nitrogens with two attached hydrogens (primary N) is 1. The number of carbonyl (C=O) groups is 1. The summed E-state index contributed by atoms with van der Waals surface area (Å²) >= 11 is 0. The molecule has 5 aromatic rings. The summed E-state index contributed by atoms with van der Waals surface area (Å²) in [7, 11) is 0. The molecular weight excluding hydrogens is 564 g/mol. The minimum atomic E-state index is -2.74. The Balaban J connectivity index is 1.24. The van der Waals surface area contributed by atoms with E-state index in [0.717, 1.165) is 44.5 Å². The fourth-order valence-electron chi connectivity index (χ4n) is 6.32. The van der Waals surface area contributed by atoms with Gasteiger partial charge in [0.2, 0.25) is 5.91 Å². The second kappa shape index (κ2) is 11.3. The zero-order valence-electron chi connectivity index (χ0n) is 23.9. The predicted molar refractivity (Wildman–Crippen MR) is 163 cm³/mol. The van der Waals surface area contributed by atoms with Crippen LogP contribution in [0.3, 0.4) is 0 Å². The highest BCUT2D eigenvalue weighted by atomic mass is 19.3. The standard InChI is InChI=1S/C32H31F2N9O/c1-2-28(44)41-14-11-21(12-15-41)38-26-8-5-19-16-22(6-7-23(19)26)43-30(24-4-3-13-36-29(24)35)40-27-10-9-25(39-31(27)43)20-17-37-42(18-20)32(33)34/h2-4,6-7,9-10,13,16-18,21,26,32,38H,1,5,8,11-12,14-15H2,(H2,35,36)/t26-/m0/s1. The minimum Gasteiger partial charge on any atom is -0.383 e. The largest absolute Gasteiger partial charge is 0.383 e. The molecule has 1 fully saturated rings. The van der Waals surface area contributed by atoms with E-state index < -0.39 is 6.55 Å². The van der Waals surface area contributed by atoms with E-state index in [4.69, 9.17) is 15.7 Å². The molecule has 0 bridgehead atoms. The molecule has 2 aliphatic rings. The molecule has 1 saturated heterocycles. The lowest BCUT2D eigenvalue weighted by molar-refractivity contribution is -0.127. The van der Waals surface area contributed by atoms with Gasteiger partial charge in [-0.2, -0.15) is 13.9 Å². The molecular formula is C32H31F2N9O. The molecule has 1 aliphatic carbocycles. The van der Waals surface area contributed by atoms with Crippen molar-refractivity contribution >= 4 is 22.9 Å². The van der Waals surface area contributed by atoms with Gasteiger partial charge in [0.1, 0.15) is 11.3 Å². The number of amides is 1. The quantitative estimate of drug-likeness (QED) is 0.252. The first-order chi connectivity index (χ1) is 21.4. The molecule has 7 rings (SSSR count). The van der Waals surface area contributed by atoms with Gasteiger partial charge >= 0.3 is 6.55 Å². The number of pyridine rings is 2. The summed E-state index contributed by atoms with van der Waals surface area (Å²) in [6, 6.07) is 14.2. The van der Waals surface area contributed by atoms with E-state index >= 15 is 0 Å². The number of benzene rings is 1. The van der Waals surface area contributed by atoms with E-state index in [2.05, 4.69) is 40.2 Å². The number of alkyl halides is 2. The molecule has 4 aromatic heterocycles. The molecule has 1 aromatic carbocycles. The van der Waals surface area contributed by atoms with Crippen LogP contribution in [-0.4, -0.2) is 59.2 Å². The summed E-state index contributed by atoms with van der Waals surface area (Å²) in [5.41, 5.74) is 12.5. The van der Waals surface area contributed by atoms with Crippen molar-refractivity contribution < 1.29 is 13.6 Å². The summed E-state index contributed by atoms with van der Waals surface area (Å²) in [5, 5.41) is 7.61. The summed E-state index contributed by atoms with van der Waals surface area (Å²) in [6.07, 6.45) is 9.38. The zero-order chi connectivity index (χ0) is 30.4. The van der Waals surface area contributed by atoms with Gasteiger partial charge in [0.05, 0.1) is 17.5 Å². The second-order valence-corrected chi connectivity index (χ2v) is 11.2. The van der Waals surface area contributed by atoms with Gasteiger partial charge in [-0.25, -0.2) is 19.6 Å². The van der Waals surface area contributed by atoms with Crippen LogP contribution in [0.15, 0.2) is 73.7 Å². The van der Waals surface area contributed by atoms with Gasteiger partial charge in [-0.1, -0.05) is 12.6 Å². The van der Waals surface area contributed by atoms with Crippen molar-refractivity contribution in [3.05, 3.63) is 84.8 Å². The second-order valence-electron chi connectivity index (χ2n) is 11.2. The molecule has 5 heterocycles. The lowest BCUT2D eigenvalue weighted by atomic mass is 10.0. The Bertz CT molecular complexity index is 1870. The molecule has 1 aliphatic heterocycles. The number of nitrogens with one attached hydrogen (secondary N) is 1. The molecule has 10 nitrogen and oxygen atoms in total. The number of anilines is 1. The van der Waals surface area contributed by atoms with E-state index in [1.165, 1.54) is 29.6 Å². The maximum Gasteiger partial charge on any atom is 0.333 e. The topological polar surface area (TPSA) is 120 Å². The van der Waals surface area contributed by atoms with Crippen molar-refractivity contribution in [2.45, 2.75) is 44.3 Å². The number of likely N-dealkylation sites (tertiary alicyclic amines) is 1. The van der Waals surface area contributed by atoms with Crippen molar-refractivity contribution in [3.8, 4) is 28.3 Å². The molecule has 3 N–H and O–H groups in total. The van der Waals surface area contributed by atoms with Crippen molar-refractivity contribution in [3.63, 3.8) is 0 Å². The maximum atomic E-state index is 13.2. The SMILES string of the molecule is C=CC(=O)N1CCC(N[C@H]2CCc3cc(-n4c(-c5cccnc5N)nc5ccc(-c6cnn(C(F)F)c6)nc54)ccc32)CC1. The zero-order valence-corrected chi connectivity index (χ0v) is 23.9. The summed E-state index contributed by atoms with van der Waals surface area (Å²) in [4.78, 5) is 27.9. The lowest BCUT2D eigenvalue weighted by Crippen LogP contribution is -2.45. The van der Waals surface area contributed by atoms with E-state index in [-0.39, 0.29) is 11.9 Å². The Morgan fingerprint density at radius 3 is 2.70 bits per heavy atom. The van der Waals surface area contributed by atoms with Crippen molar-refractivity contribution in [1.29, 1.82) is 0 Å². The predicted octanol–water partition coefficient (Wildman–Crippen LogP) is 5.08. The van der Waals surface area contributed by atoms with Gasteiger partial charge in [-0.3, -0.25) is 9.36 Å². The van der Waals surface area contributed by atoms with Crippen LogP contribution in [0.25, 0.3) is 39.5 Å². The lowest BCUT2D eigenvalue weighted by Gasteiger charge is -2.33. The van der Waals surface area contributed by atoms with Crippen LogP contribution in [-0.2, 0) is 11.2 Å². The number of carbonyl (C=O) groups excluding carboxylic acids is 1. The highest BCUT2D eigenvalue weighted by molar-refractivity contribution is 5.87. The molecule has 0 radical (unpaired) electrons. The molecule has 1 amide bonds. The highest BCUT2D eigenvalue weighted by Crippen LogP contribution is 2.37. The van der Waals surface area contributed by atoms with E-state index in [1.807, 2.05) is 27.7 Å². The molecule has 12 heteroatoms. The Labute approximate surface area is 252 Å². The first-order valence-corrected chi connectivity index (χ1v) is 14.6. The van der Waals surface area contributed by atoms with Crippen molar-refractivity contribution in [2.75, 3.05) is 18.8 Å². The Kier molecular flexibility index (Phi) is 7.13. The van der Waals surface area contributed by atoms with Crippen LogP contribution in [0, 0.1) is 0 Å². The minimum absolute atomic E-state index is 0.00790. The van der Waals surface area contributed by atoms with Crippen LogP contribution < -0.4 is 11.1 Å². The fourth-order valence-corrected chi connectivity index (χ4v) is 6.32. The average Bonchev–Trinajstić information content (AvgIpc) is 3.78. The van der Waals surface area contributed by atoms with Gasteiger partial charge < -0.3 is 16.0 Å². The summed E-state index contributed by atoms with van der Waals surface area (Å²) in [5.74, 6) is 0.923. The van der Waals surface area contributed by atoms with E-state index in [9.17, 15) is 13.6 Å². The first-order valence-electron chi connectivity index (χ1n) is 14.6. The number of rotatable bonds is 7. The van der Waals surface area contributed by atoms with Crippen LogP contribution in [0.2, 0.25) is 0 Å². The van der Waals surface area contributed by atoms with Crippen LogP contribution in [0.1, 0.15) is 43.0 Å². The number of piperidine rings is 1. The van der Waals surface area contributed by atoms with E-state index in [1.54, 1.807) is 12.3 Å². The maximum absolute atomic E-state index is 13.2. The first kappa shape index (κ1) is 27.8. The number of hydrogen-bond acceptors (Lipinski definition) is 7. The van der Waals surface area contributed by atoms with Gasteiger partial charge in [0, 0.05) is 48.8 Å². The van der Waals surface area contributed by atoms with Gasteiger partial charge in [0.15, 0.2) is 11.5 Å². The van der Waals surface area contributed by atoms with Gasteiger partial charge in [-0.15, -0.1) is 0 Å². The summed E-state index contributed by atoms with van der Waals surface area (Å²) in [6.45, 7) is 2.32. The third-order valence-electron chi connectivity index (χ3n) is 8.56. The molecule has 0 spiro atoms. The van der Waals surface area contributed by atoms with Crippen molar-refractivity contribution in [2.24, 2.45) is 0 Å². The number of nitrogens with zero attached hydrogens (tertiary/aromatic N) is 7. The summed E-state index contributed by atoms with van der Waals surface area (Å²) < 4.78 is 29.0. The fraction of sp³-hybridized carbons (Fsp3) is 0.281. The molecule has 0 saturated carbocycles. The smallest absolute Gasteiger partial charge is 0.333 e. The Morgan fingerprint density at radius 2 is 1.95 bits per heavy atom. The van der Waals surface area contributed by atoms with Crippen molar-refractivity contribution in [1.82, 2.24) is 39.5 Å². The monoisotopic (exact) mass is 595 g/mol. The molecule has 44 heavy (non-hydrogen) atoms. The van der Waals surface area contributed by atoms with Crippen LogP contribution in [0.4, 0.5) is 14.6 Å². The highest BCUT2D eigenvalue weighted by Gasteiger charge is 2.29. The molecule has 1 atom stereocenters. The normalized spacial score (nSPS) is 17.0. The Hall–Kier alpha value is -4.97. The van der Waals surface area contributed by atoms with Crippen LogP contribution in [0.5, 0.6) is 0 Å². The Morgan fingerprint density at radius 1 is 1.11 bits per heavy atom. The molecule has 224 valence electrons. The van der Waals surface area contributed by atoms with Gasteiger partial charge in [0.25, 0.3) is 0 Å². The van der Waals surface area contributed by atoms with E-state index in [0.29, 0.717) is 50.4 Å². The number of aryl methyl sites for hydroxylation is 1. The third kappa shape index (κ3) is 5.00. The average molecular weight is 596 g/mol. The number of hydrogen-bond donors (Lipinski definition) is 2. The van der Waals surface area contributed by atoms with Gasteiger partial charge in [-0.05, 0) is 79.3 Å². The number of nitrogen functional groups attached to an aromatic ring is 1. The number of imidazole rings is 1. The van der Waals surface area contributed by atoms with Crippen LogP contribution >= 0.6 is 0 Å². The number of aromatic nitrogens is 6. The number of halogens is 2. The number of fused-ring (bicyclic) bond motifs is 2. The molecule has 0 unspecified atom stereocenters.